The molecule has 1 heterocycles. The molecule has 0 saturated heterocycles. The molecule has 1 unspecified atom stereocenters. The first kappa shape index (κ1) is 13.8. The summed E-state index contributed by atoms with van der Waals surface area (Å²) in [5.74, 6) is 0.862. The molecule has 21 heavy (non-hydrogen) atoms. The Bertz CT molecular complexity index is 687. The van der Waals surface area contributed by atoms with Crippen molar-refractivity contribution < 1.29 is 4.42 Å². The zero-order valence-corrected chi connectivity index (χ0v) is 12.5. The van der Waals surface area contributed by atoms with Gasteiger partial charge in [-0.3, -0.25) is 0 Å². The molecular formula is C18H16ClNO. The molecule has 0 aliphatic heterocycles. The summed E-state index contributed by atoms with van der Waals surface area (Å²) in [6.07, 6.45) is 1.69. The SMILES string of the molecule is Cc1cccc(Cl)c1NC(c1ccccc1)c1ccco1. The number of benzene rings is 2. The van der Waals surface area contributed by atoms with Gasteiger partial charge in [0.25, 0.3) is 0 Å². The summed E-state index contributed by atoms with van der Waals surface area (Å²) in [6.45, 7) is 2.04. The Morgan fingerprint density at radius 3 is 2.43 bits per heavy atom. The van der Waals surface area contributed by atoms with Crippen LogP contribution >= 0.6 is 11.6 Å². The molecule has 1 atom stereocenters. The second kappa shape index (κ2) is 6.06. The van der Waals surface area contributed by atoms with Crippen molar-refractivity contribution in [3.8, 4) is 0 Å². The lowest BCUT2D eigenvalue weighted by molar-refractivity contribution is 0.499. The highest BCUT2D eigenvalue weighted by atomic mass is 35.5. The summed E-state index contributed by atoms with van der Waals surface area (Å²) in [5.41, 5.74) is 3.17. The van der Waals surface area contributed by atoms with Gasteiger partial charge < -0.3 is 9.73 Å². The number of nitrogens with one attached hydrogen (secondary N) is 1. The number of halogens is 1. The van der Waals surface area contributed by atoms with E-state index in [-0.39, 0.29) is 6.04 Å². The molecule has 0 aliphatic carbocycles. The molecule has 1 N–H and O–H groups in total. The van der Waals surface area contributed by atoms with Crippen LogP contribution in [-0.4, -0.2) is 0 Å². The maximum absolute atomic E-state index is 6.33. The fourth-order valence-electron chi connectivity index (χ4n) is 2.38. The minimum absolute atomic E-state index is 0.0696. The molecule has 3 heteroatoms. The smallest absolute Gasteiger partial charge is 0.130 e. The molecule has 0 aliphatic rings. The minimum Gasteiger partial charge on any atom is -0.467 e. The first-order valence-corrected chi connectivity index (χ1v) is 7.23. The summed E-state index contributed by atoms with van der Waals surface area (Å²) >= 11 is 6.33. The van der Waals surface area contributed by atoms with Crippen molar-refractivity contribution in [2.24, 2.45) is 0 Å². The molecule has 2 nitrogen and oxygen atoms in total. The van der Waals surface area contributed by atoms with Crippen molar-refractivity contribution in [2.75, 3.05) is 5.32 Å². The van der Waals surface area contributed by atoms with E-state index < -0.39 is 0 Å². The zero-order valence-electron chi connectivity index (χ0n) is 11.7. The van der Waals surface area contributed by atoms with Gasteiger partial charge in [0, 0.05) is 0 Å². The molecule has 0 amide bonds. The van der Waals surface area contributed by atoms with E-state index in [0.29, 0.717) is 5.02 Å². The first-order valence-electron chi connectivity index (χ1n) is 6.85. The van der Waals surface area contributed by atoms with Crippen LogP contribution in [-0.2, 0) is 0 Å². The highest BCUT2D eigenvalue weighted by Crippen LogP contribution is 2.32. The van der Waals surface area contributed by atoms with Gasteiger partial charge in [-0.1, -0.05) is 54.1 Å². The van der Waals surface area contributed by atoms with Gasteiger partial charge in [-0.2, -0.15) is 0 Å². The lowest BCUT2D eigenvalue weighted by atomic mass is 10.0. The highest BCUT2D eigenvalue weighted by Gasteiger charge is 2.18. The Kier molecular flexibility index (Phi) is 3.98. The van der Waals surface area contributed by atoms with E-state index in [1.54, 1.807) is 6.26 Å². The van der Waals surface area contributed by atoms with Crippen LogP contribution in [0.15, 0.2) is 71.3 Å². The quantitative estimate of drug-likeness (QED) is 0.693. The van der Waals surface area contributed by atoms with Gasteiger partial charge >= 0.3 is 0 Å². The Morgan fingerprint density at radius 2 is 1.76 bits per heavy atom. The number of anilines is 1. The third-order valence-corrected chi connectivity index (χ3v) is 3.79. The molecule has 0 bridgehead atoms. The van der Waals surface area contributed by atoms with Gasteiger partial charge in [-0.15, -0.1) is 0 Å². The third-order valence-electron chi connectivity index (χ3n) is 3.47. The van der Waals surface area contributed by atoms with Crippen molar-refractivity contribution in [3.63, 3.8) is 0 Å². The van der Waals surface area contributed by atoms with Crippen LogP contribution in [0.2, 0.25) is 5.02 Å². The fraction of sp³-hybridized carbons (Fsp3) is 0.111. The normalized spacial score (nSPS) is 12.1. The molecule has 0 spiro atoms. The van der Waals surface area contributed by atoms with Crippen LogP contribution in [0.3, 0.4) is 0 Å². The largest absolute Gasteiger partial charge is 0.467 e. The first-order chi connectivity index (χ1) is 10.3. The Morgan fingerprint density at radius 1 is 0.952 bits per heavy atom. The van der Waals surface area contributed by atoms with Crippen molar-refractivity contribution in [1.82, 2.24) is 0 Å². The summed E-state index contributed by atoms with van der Waals surface area (Å²) < 4.78 is 5.60. The zero-order chi connectivity index (χ0) is 14.7. The topological polar surface area (TPSA) is 25.2 Å². The summed E-state index contributed by atoms with van der Waals surface area (Å²) in [7, 11) is 0. The highest BCUT2D eigenvalue weighted by molar-refractivity contribution is 6.33. The number of furan rings is 1. The van der Waals surface area contributed by atoms with E-state index in [0.717, 1.165) is 22.6 Å². The van der Waals surface area contributed by atoms with Crippen molar-refractivity contribution in [1.29, 1.82) is 0 Å². The third kappa shape index (κ3) is 2.96. The maximum atomic E-state index is 6.33. The van der Waals surface area contributed by atoms with Crippen LogP contribution in [0.4, 0.5) is 5.69 Å². The van der Waals surface area contributed by atoms with E-state index in [2.05, 4.69) is 17.4 Å². The number of para-hydroxylation sites is 1. The van der Waals surface area contributed by atoms with Gasteiger partial charge in [0.2, 0.25) is 0 Å². The molecule has 3 rings (SSSR count). The molecular weight excluding hydrogens is 282 g/mol. The van der Waals surface area contributed by atoms with Gasteiger partial charge in [0.15, 0.2) is 0 Å². The molecule has 1 aromatic heterocycles. The summed E-state index contributed by atoms with van der Waals surface area (Å²) in [4.78, 5) is 0. The monoisotopic (exact) mass is 297 g/mol. The average molecular weight is 298 g/mol. The van der Waals surface area contributed by atoms with E-state index >= 15 is 0 Å². The van der Waals surface area contributed by atoms with Gasteiger partial charge in [-0.25, -0.2) is 0 Å². The van der Waals surface area contributed by atoms with E-state index in [4.69, 9.17) is 16.0 Å². The Hall–Kier alpha value is -2.19. The van der Waals surface area contributed by atoms with Crippen LogP contribution in [0.1, 0.15) is 22.9 Å². The predicted molar refractivity (Wildman–Crippen MR) is 86.8 cm³/mol. The number of rotatable bonds is 4. The molecule has 2 aromatic carbocycles. The van der Waals surface area contributed by atoms with Crippen LogP contribution < -0.4 is 5.32 Å². The van der Waals surface area contributed by atoms with Crippen molar-refractivity contribution in [2.45, 2.75) is 13.0 Å². The molecule has 0 radical (unpaired) electrons. The summed E-state index contributed by atoms with van der Waals surface area (Å²) in [6, 6.07) is 19.9. The average Bonchev–Trinajstić information content (AvgIpc) is 3.02. The second-order valence-corrected chi connectivity index (χ2v) is 5.34. The van der Waals surface area contributed by atoms with Crippen LogP contribution in [0, 0.1) is 6.92 Å². The van der Waals surface area contributed by atoms with E-state index in [1.807, 2.05) is 55.5 Å². The van der Waals surface area contributed by atoms with Crippen molar-refractivity contribution >= 4 is 17.3 Å². The van der Waals surface area contributed by atoms with E-state index in [9.17, 15) is 0 Å². The van der Waals surface area contributed by atoms with Crippen molar-refractivity contribution in [3.05, 3.63) is 88.8 Å². The minimum atomic E-state index is -0.0696. The van der Waals surface area contributed by atoms with Crippen LogP contribution in [0.25, 0.3) is 0 Å². The Labute approximate surface area is 129 Å². The number of hydrogen-bond donors (Lipinski definition) is 1. The van der Waals surface area contributed by atoms with Gasteiger partial charge in [0.1, 0.15) is 11.8 Å². The molecule has 0 fully saturated rings. The number of aryl methyl sites for hydroxylation is 1. The fourth-order valence-corrected chi connectivity index (χ4v) is 2.66. The van der Waals surface area contributed by atoms with E-state index in [1.165, 1.54) is 0 Å². The summed E-state index contributed by atoms with van der Waals surface area (Å²) in [5, 5.41) is 4.22. The second-order valence-electron chi connectivity index (χ2n) is 4.94. The van der Waals surface area contributed by atoms with Gasteiger partial charge in [-0.05, 0) is 36.2 Å². The lowest BCUT2D eigenvalue weighted by Gasteiger charge is -2.20. The van der Waals surface area contributed by atoms with Crippen LogP contribution in [0.5, 0.6) is 0 Å². The predicted octanol–water partition coefficient (Wildman–Crippen LogP) is 5.44. The molecule has 3 aromatic rings. The number of hydrogen-bond acceptors (Lipinski definition) is 2. The lowest BCUT2D eigenvalue weighted by Crippen LogP contribution is -2.12. The standard InChI is InChI=1S/C18H16ClNO/c1-13-7-5-10-15(19)17(13)20-18(16-11-6-12-21-16)14-8-3-2-4-9-14/h2-12,18,20H,1H3. The molecule has 0 saturated carbocycles. The molecule has 106 valence electrons. The van der Waals surface area contributed by atoms with Gasteiger partial charge in [0.05, 0.1) is 17.0 Å². The Balaban J connectivity index is 2.01. The maximum Gasteiger partial charge on any atom is 0.130 e.